The summed E-state index contributed by atoms with van der Waals surface area (Å²) in [5, 5.41) is 0. The van der Waals surface area contributed by atoms with Crippen LogP contribution in [0.15, 0.2) is 24.3 Å². The molecule has 20 heavy (non-hydrogen) atoms. The highest BCUT2D eigenvalue weighted by atomic mass is 32.2. The van der Waals surface area contributed by atoms with Crippen molar-refractivity contribution < 1.29 is 17.9 Å². The Morgan fingerprint density at radius 2 is 2.20 bits per heavy atom. The minimum atomic E-state index is -3.95. The lowest BCUT2D eigenvalue weighted by molar-refractivity contribution is 0.177. The summed E-state index contributed by atoms with van der Waals surface area (Å²) in [7, 11) is -2.88. The Morgan fingerprint density at radius 3 is 2.85 bits per heavy atom. The van der Waals surface area contributed by atoms with E-state index in [1.54, 1.807) is 29.0 Å². The van der Waals surface area contributed by atoms with Crippen LogP contribution in [-0.2, 0) is 21.5 Å². The average Bonchev–Trinajstić information content (AvgIpc) is 2.43. The van der Waals surface area contributed by atoms with Gasteiger partial charge in [0.15, 0.2) is 0 Å². The van der Waals surface area contributed by atoms with E-state index in [2.05, 4.69) is 21.3 Å². The summed E-state index contributed by atoms with van der Waals surface area (Å²) >= 11 is 0. The molecule has 0 spiro atoms. The molecule has 0 heterocycles. The Balaban J connectivity index is 2.68. The predicted octanol–water partition coefficient (Wildman–Crippen LogP) is -0.313. The van der Waals surface area contributed by atoms with Crippen LogP contribution in [0.5, 0.6) is 0 Å². The highest BCUT2D eigenvalue weighted by Gasteiger charge is 2.13. The largest absolute Gasteiger partial charge is 0.452 e. The van der Waals surface area contributed by atoms with Gasteiger partial charge in [-0.1, -0.05) is 24.0 Å². The first-order valence-corrected chi connectivity index (χ1v) is 7.08. The molecule has 1 aromatic carbocycles. The molecule has 8 heteroatoms. The molecule has 108 valence electrons. The quantitative estimate of drug-likeness (QED) is 0.660. The second-order valence-corrected chi connectivity index (χ2v) is 5.12. The Bertz CT molecular complexity index is 632. The molecule has 1 aromatic rings. The highest BCUT2D eigenvalue weighted by Crippen LogP contribution is 2.04. The lowest BCUT2D eigenvalue weighted by Gasteiger charge is -2.07. The van der Waals surface area contributed by atoms with Gasteiger partial charge in [-0.15, -0.1) is 0 Å². The molecule has 0 unspecified atom stereocenters. The minimum Gasteiger partial charge on any atom is -0.452 e. The Kier molecular flexibility index (Phi) is 5.99. The molecule has 0 aliphatic heterocycles. The number of benzene rings is 1. The lowest BCUT2D eigenvalue weighted by atomic mass is 10.1. The zero-order valence-electron chi connectivity index (χ0n) is 10.8. The second kappa shape index (κ2) is 7.49. The van der Waals surface area contributed by atoms with Gasteiger partial charge < -0.3 is 10.5 Å². The fraction of sp³-hybridized carbons (Fsp3) is 0.250. The summed E-state index contributed by atoms with van der Waals surface area (Å²) in [6.45, 7) is 0.268. The van der Waals surface area contributed by atoms with Gasteiger partial charge in [0.1, 0.15) is 0 Å². The average molecular weight is 297 g/mol. The van der Waals surface area contributed by atoms with Crippen LogP contribution in [0.4, 0.5) is 4.79 Å². The van der Waals surface area contributed by atoms with Gasteiger partial charge in [-0.05, 0) is 17.7 Å². The number of nitrogens with two attached hydrogens (primary N) is 1. The number of nitrogens with one attached hydrogen (secondary N) is 2. The molecule has 0 radical (unpaired) electrons. The molecule has 1 amide bonds. The molecule has 1 rings (SSSR count). The lowest BCUT2D eigenvalue weighted by Crippen LogP contribution is -2.39. The van der Waals surface area contributed by atoms with Crippen molar-refractivity contribution in [2.24, 2.45) is 5.73 Å². The number of methoxy groups -OCH3 is 1. The topological polar surface area (TPSA) is 111 Å². The molecule has 0 aliphatic carbocycles. The summed E-state index contributed by atoms with van der Waals surface area (Å²) < 4.78 is 31.0. The number of hydrogen-bond acceptors (Lipinski definition) is 5. The zero-order valence-corrected chi connectivity index (χ0v) is 11.7. The number of carbonyl (C=O) groups is 1. The summed E-state index contributed by atoms with van der Waals surface area (Å²) in [6.07, 6.45) is -1.06. The van der Waals surface area contributed by atoms with E-state index in [4.69, 9.17) is 5.73 Å². The summed E-state index contributed by atoms with van der Waals surface area (Å²) in [4.78, 5) is 10.8. The number of carbonyl (C=O) groups excluding carboxylic acids is 1. The van der Waals surface area contributed by atoms with Gasteiger partial charge in [0, 0.05) is 12.1 Å². The van der Waals surface area contributed by atoms with Gasteiger partial charge in [-0.2, -0.15) is 13.1 Å². The normalized spacial score (nSPS) is 10.3. The number of amides is 1. The molecule has 4 N–H and O–H groups in total. The fourth-order valence-corrected chi connectivity index (χ4v) is 2.01. The number of ether oxygens (including phenoxy) is 1. The molecular formula is C12H15N3O4S. The molecule has 0 saturated carbocycles. The van der Waals surface area contributed by atoms with Crippen LogP contribution < -0.4 is 15.2 Å². The van der Waals surface area contributed by atoms with E-state index in [-0.39, 0.29) is 13.1 Å². The van der Waals surface area contributed by atoms with Crippen molar-refractivity contribution in [3.05, 3.63) is 35.4 Å². The zero-order chi connectivity index (χ0) is 15.0. The third kappa shape index (κ3) is 5.71. The first-order valence-electron chi connectivity index (χ1n) is 5.60. The fourth-order valence-electron chi connectivity index (χ4n) is 1.28. The van der Waals surface area contributed by atoms with Crippen molar-refractivity contribution in [3.8, 4) is 11.8 Å². The molecule has 0 aromatic heterocycles. The van der Waals surface area contributed by atoms with Crippen molar-refractivity contribution in [1.82, 2.24) is 9.44 Å². The van der Waals surface area contributed by atoms with Crippen molar-refractivity contribution in [1.29, 1.82) is 0 Å². The standard InChI is InChI=1S/C12H15N3O4S/c1-19-12(16)15-20(17,18)14-9-11-5-2-4-10(8-11)6-3-7-13/h2,4-5,8,14H,7,9,13H2,1H3,(H,15,16). The monoisotopic (exact) mass is 297 g/mol. The second-order valence-electron chi connectivity index (χ2n) is 3.62. The van der Waals surface area contributed by atoms with Gasteiger partial charge in [0.25, 0.3) is 0 Å². The van der Waals surface area contributed by atoms with Crippen LogP contribution >= 0.6 is 0 Å². The first kappa shape index (κ1) is 16.0. The van der Waals surface area contributed by atoms with Crippen LogP contribution in [0.3, 0.4) is 0 Å². The Morgan fingerprint density at radius 1 is 1.45 bits per heavy atom. The third-order valence-electron chi connectivity index (χ3n) is 2.13. The van der Waals surface area contributed by atoms with Crippen molar-refractivity contribution in [3.63, 3.8) is 0 Å². The maximum Gasteiger partial charge on any atom is 0.421 e. The van der Waals surface area contributed by atoms with Gasteiger partial charge in [-0.25, -0.2) is 9.52 Å². The van der Waals surface area contributed by atoms with Gasteiger partial charge in [0.05, 0.1) is 13.7 Å². The van der Waals surface area contributed by atoms with E-state index in [1.165, 1.54) is 0 Å². The third-order valence-corrected chi connectivity index (χ3v) is 3.09. The smallest absolute Gasteiger partial charge is 0.421 e. The maximum atomic E-state index is 11.5. The van der Waals surface area contributed by atoms with Crippen LogP contribution in [-0.4, -0.2) is 28.2 Å². The highest BCUT2D eigenvalue weighted by molar-refractivity contribution is 7.88. The Hall–Kier alpha value is -2.08. The molecule has 0 saturated heterocycles. The number of hydrogen-bond donors (Lipinski definition) is 3. The van der Waals surface area contributed by atoms with E-state index >= 15 is 0 Å². The van der Waals surface area contributed by atoms with Gasteiger partial charge in [-0.3, -0.25) is 0 Å². The SMILES string of the molecule is COC(=O)NS(=O)(=O)NCc1cccc(C#CCN)c1. The van der Waals surface area contributed by atoms with E-state index in [1.807, 2.05) is 0 Å². The summed E-state index contributed by atoms with van der Waals surface area (Å²) in [5.74, 6) is 5.54. The van der Waals surface area contributed by atoms with Crippen LogP contribution in [0, 0.1) is 11.8 Å². The van der Waals surface area contributed by atoms with E-state index < -0.39 is 16.3 Å². The van der Waals surface area contributed by atoms with Crippen LogP contribution in [0.1, 0.15) is 11.1 Å². The number of rotatable bonds is 4. The molecule has 7 nitrogen and oxygen atoms in total. The summed E-state index contributed by atoms with van der Waals surface area (Å²) in [5.41, 5.74) is 6.70. The molecule has 0 bridgehead atoms. The predicted molar refractivity (Wildman–Crippen MR) is 73.7 cm³/mol. The first-order chi connectivity index (χ1) is 9.46. The van der Waals surface area contributed by atoms with Crippen LogP contribution in [0.2, 0.25) is 0 Å². The van der Waals surface area contributed by atoms with Crippen LogP contribution in [0.25, 0.3) is 0 Å². The van der Waals surface area contributed by atoms with Gasteiger partial charge in [0.2, 0.25) is 0 Å². The van der Waals surface area contributed by atoms with E-state index in [0.717, 1.165) is 12.7 Å². The van der Waals surface area contributed by atoms with E-state index in [0.29, 0.717) is 5.56 Å². The molecule has 0 aliphatic rings. The van der Waals surface area contributed by atoms with E-state index in [9.17, 15) is 13.2 Å². The van der Waals surface area contributed by atoms with Crippen molar-refractivity contribution >= 4 is 16.3 Å². The van der Waals surface area contributed by atoms with Crippen molar-refractivity contribution in [2.45, 2.75) is 6.54 Å². The molecular weight excluding hydrogens is 282 g/mol. The Labute approximate surface area is 117 Å². The summed E-state index contributed by atoms with van der Waals surface area (Å²) in [6, 6.07) is 6.99. The molecule has 0 fully saturated rings. The van der Waals surface area contributed by atoms with Crippen molar-refractivity contribution in [2.75, 3.05) is 13.7 Å². The van der Waals surface area contributed by atoms with Gasteiger partial charge >= 0.3 is 16.3 Å². The minimum absolute atomic E-state index is 0.0183. The molecule has 0 atom stereocenters. The maximum absolute atomic E-state index is 11.5.